The standard InChI is InChI=1S/C38H51N5O5/c1-9-11-19-43(29-14-12-27(13-15-29)31-30(25-41)32(28(23-39)24-40)48-37(31,7)8)20-22-47-34(45)42-18-21-46-33(44)38(17-16-36(38,5)6)26-35(3,4)10-2/h12-15H,9-11,16-22,26H2,1-8H3,(H,42,45). The van der Waals surface area contributed by atoms with Gasteiger partial charge in [-0.05, 0) is 68.1 Å². The van der Waals surface area contributed by atoms with Crippen molar-refractivity contribution in [2.45, 2.75) is 99.5 Å². The molecule has 0 spiro atoms. The quantitative estimate of drug-likeness (QED) is 0.114. The Balaban J connectivity index is 1.58. The fraction of sp³-hybridized carbons (Fsp3) is 0.605. The number of hydrogen-bond acceptors (Lipinski definition) is 9. The third-order valence-electron chi connectivity index (χ3n) is 10.1. The molecule has 1 N–H and O–H groups in total. The zero-order chi connectivity index (χ0) is 35.8. The summed E-state index contributed by atoms with van der Waals surface area (Å²) >= 11 is 0. The molecule has 2 aliphatic rings. The normalized spacial score (nSPS) is 19.1. The number of hydrogen-bond donors (Lipinski definition) is 1. The number of allylic oxidation sites excluding steroid dienone is 2. The third kappa shape index (κ3) is 8.32. The van der Waals surface area contributed by atoms with E-state index < -0.39 is 17.1 Å². The topological polar surface area (TPSA) is 148 Å². The van der Waals surface area contributed by atoms with Crippen LogP contribution in [0.4, 0.5) is 10.5 Å². The molecule has 48 heavy (non-hydrogen) atoms. The average Bonchev–Trinajstić information content (AvgIpc) is 3.33. The molecular formula is C38H51N5O5. The van der Waals surface area contributed by atoms with Gasteiger partial charge in [0.05, 0.1) is 18.5 Å². The van der Waals surface area contributed by atoms with E-state index in [0.717, 1.165) is 56.3 Å². The molecule has 1 fully saturated rings. The van der Waals surface area contributed by atoms with Crippen molar-refractivity contribution in [2.24, 2.45) is 16.2 Å². The minimum absolute atomic E-state index is 0.00646. The van der Waals surface area contributed by atoms with Gasteiger partial charge in [0, 0.05) is 17.8 Å². The first kappa shape index (κ1) is 38.0. The van der Waals surface area contributed by atoms with Crippen LogP contribution < -0.4 is 10.2 Å². The number of rotatable bonds is 15. The molecule has 0 radical (unpaired) electrons. The molecule has 258 valence electrons. The molecule has 10 nitrogen and oxygen atoms in total. The second-order valence-corrected chi connectivity index (χ2v) is 14.6. The lowest BCUT2D eigenvalue weighted by molar-refractivity contribution is -0.184. The van der Waals surface area contributed by atoms with Crippen molar-refractivity contribution in [1.82, 2.24) is 5.32 Å². The molecule has 3 rings (SSSR count). The Kier molecular flexibility index (Phi) is 12.3. The number of nitriles is 3. The molecule has 1 aromatic rings. The maximum Gasteiger partial charge on any atom is 0.407 e. The summed E-state index contributed by atoms with van der Waals surface area (Å²) in [5.41, 5.74) is 0.722. The highest BCUT2D eigenvalue weighted by atomic mass is 16.6. The summed E-state index contributed by atoms with van der Waals surface area (Å²) in [7, 11) is 0. The van der Waals surface area contributed by atoms with Gasteiger partial charge in [-0.2, -0.15) is 15.8 Å². The van der Waals surface area contributed by atoms with Gasteiger partial charge in [0.15, 0.2) is 11.3 Å². The smallest absolute Gasteiger partial charge is 0.407 e. The van der Waals surface area contributed by atoms with Crippen LogP contribution in [0, 0.1) is 50.2 Å². The largest absolute Gasteiger partial charge is 0.480 e. The van der Waals surface area contributed by atoms with Crippen molar-refractivity contribution < 1.29 is 23.8 Å². The van der Waals surface area contributed by atoms with Crippen LogP contribution in [0.15, 0.2) is 41.2 Å². The monoisotopic (exact) mass is 657 g/mol. The highest BCUT2D eigenvalue weighted by molar-refractivity contribution is 5.84. The van der Waals surface area contributed by atoms with E-state index in [1.807, 2.05) is 36.4 Å². The van der Waals surface area contributed by atoms with Crippen LogP contribution in [-0.2, 0) is 19.0 Å². The predicted octanol–water partition coefficient (Wildman–Crippen LogP) is 7.58. The first-order chi connectivity index (χ1) is 22.6. The van der Waals surface area contributed by atoms with Crippen LogP contribution in [0.3, 0.4) is 0 Å². The van der Waals surface area contributed by atoms with Crippen molar-refractivity contribution in [3.8, 4) is 18.2 Å². The minimum Gasteiger partial charge on any atom is -0.480 e. The SMILES string of the molecule is CCCCN(CCOC(=O)NCCOC(=O)C1(CC(C)(C)CC)CCC1(C)C)c1ccc(C2=C(C#N)C(=C(C#N)C#N)OC2(C)C)cc1. The van der Waals surface area contributed by atoms with Gasteiger partial charge in [0.2, 0.25) is 0 Å². The summed E-state index contributed by atoms with van der Waals surface area (Å²) in [6.07, 6.45) is 4.94. The molecule has 0 aromatic heterocycles. The zero-order valence-electron chi connectivity index (χ0n) is 29.9. The number of nitrogens with zero attached hydrogens (tertiary/aromatic N) is 4. The van der Waals surface area contributed by atoms with E-state index in [1.54, 1.807) is 13.8 Å². The summed E-state index contributed by atoms with van der Waals surface area (Å²) in [6, 6.07) is 13.4. The number of anilines is 1. The highest BCUT2D eigenvalue weighted by Crippen LogP contribution is 2.62. The van der Waals surface area contributed by atoms with E-state index in [9.17, 15) is 25.4 Å². The summed E-state index contributed by atoms with van der Waals surface area (Å²) in [5.74, 6) is -0.171. The van der Waals surface area contributed by atoms with Crippen molar-refractivity contribution in [1.29, 1.82) is 15.8 Å². The van der Waals surface area contributed by atoms with Crippen LogP contribution in [-0.4, -0.2) is 50.5 Å². The van der Waals surface area contributed by atoms with Crippen LogP contribution in [0.2, 0.25) is 0 Å². The number of esters is 1. The van der Waals surface area contributed by atoms with E-state index in [-0.39, 0.29) is 53.5 Å². The lowest BCUT2D eigenvalue weighted by Crippen LogP contribution is -2.55. The number of amides is 1. The van der Waals surface area contributed by atoms with Crippen molar-refractivity contribution in [2.75, 3.05) is 37.7 Å². The van der Waals surface area contributed by atoms with E-state index in [1.165, 1.54) is 0 Å². The number of unbranched alkanes of at least 4 members (excludes halogenated alkanes) is 1. The average molecular weight is 658 g/mol. The minimum atomic E-state index is -0.913. The summed E-state index contributed by atoms with van der Waals surface area (Å²) in [6.45, 7) is 18.2. The molecule has 1 unspecified atom stereocenters. The Hall–Kier alpha value is -4.49. The molecule has 0 bridgehead atoms. The molecule has 0 saturated heterocycles. The van der Waals surface area contributed by atoms with Crippen molar-refractivity contribution in [3.05, 3.63) is 46.7 Å². The number of carbonyl (C=O) groups is 2. The van der Waals surface area contributed by atoms with Gasteiger partial charge < -0.3 is 24.4 Å². The van der Waals surface area contributed by atoms with Gasteiger partial charge in [-0.3, -0.25) is 4.79 Å². The first-order valence-electron chi connectivity index (χ1n) is 16.9. The fourth-order valence-electron chi connectivity index (χ4n) is 6.61. The van der Waals surface area contributed by atoms with Gasteiger partial charge in [-0.25, -0.2) is 4.79 Å². The fourth-order valence-corrected chi connectivity index (χ4v) is 6.61. The number of carbonyl (C=O) groups excluding carboxylic acids is 2. The van der Waals surface area contributed by atoms with Crippen LogP contribution in [0.1, 0.15) is 99.5 Å². The predicted molar refractivity (Wildman–Crippen MR) is 184 cm³/mol. The maximum atomic E-state index is 13.3. The molecule has 1 atom stereocenters. The lowest BCUT2D eigenvalue weighted by atomic mass is 9.47. The molecular weight excluding hydrogens is 606 g/mol. The summed E-state index contributed by atoms with van der Waals surface area (Å²) < 4.78 is 17.1. The molecule has 10 heteroatoms. The number of nitrogens with one attached hydrogen (secondary N) is 1. The Labute approximate surface area is 286 Å². The van der Waals surface area contributed by atoms with Gasteiger partial charge in [0.25, 0.3) is 0 Å². The molecule has 1 aliphatic heterocycles. The molecule has 1 aliphatic carbocycles. The number of benzene rings is 1. The van der Waals surface area contributed by atoms with Gasteiger partial charge in [0.1, 0.15) is 42.6 Å². The molecule has 1 aromatic carbocycles. The van der Waals surface area contributed by atoms with E-state index in [4.69, 9.17) is 14.2 Å². The highest BCUT2D eigenvalue weighted by Gasteiger charge is 2.60. The molecule has 1 amide bonds. The maximum absolute atomic E-state index is 13.3. The molecule has 1 heterocycles. The second kappa shape index (κ2) is 15.6. The third-order valence-corrected chi connectivity index (χ3v) is 10.1. The van der Waals surface area contributed by atoms with Gasteiger partial charge >= 0.3 is 12.1 Å². The Morgan fingerprint density at radius 2 is 1.65 bits per heavy atom. The Bertz CT molecular complexity index is 1520. The van der Waals surface area contributed by atoms with Gasteiger partial charge in [-0.1, -0.05) is 66.5 Å². The Morgan fingerprint density at radius 3 is 2.17 bits per heavy atom. The zero-order valence-corrected chi connectivity index (χ0v) is 29.9. The Morgan fingerprint density at radius 1 is 0.979 bits per heavy atom. The van der Waals surface area contributed by atoms with E-state index in [0.29, 0.717) is 12.1 Å². The van der Waals surface area contributed by atoms with Crippen LogP contribution in [0.5, 0.6) is 0 Å². The van der Waals surface area contributed by atoms with Crippen molar-refractivity contribution >= 4 is 23.3 Å². The number of alkyl carbamates (subject to hydrolysis) is 1. The summed E-state index contributed by atoms with van der Waals surface area (Å²) in [4.78, 5) is 27.9. The van der Waals surface area contributed by atoms with Crippen LogP contribution >= 0.6 is 0 Å². The number of ether oxygens (including phenoxy) is 3. The second-order valence-electron chi connectivity index (χ2n) is 14.6. The first-order valence-corrected chi connectivity index (χ1v) is 16.9. The van der Waals surface area contributed by atoms with E-state index >= 15 is 0 Å². The van der Waals surface area contributed by atoms with Crippen molar-refractivity contribution in [3.63, 3.8) is 0 Å². The van der Waals surface area contributed by atoms with Crippen LogP contribution in [0.25, 0.3) is 5.57 Å². The molecule has 1 saturated carbocycles. The van der Waals surface area contributed by atoms with E-state index in [2.05, 4.69) is 57.8 Å². The lowest BCUT2D eigenvalue weighted by Gasteiger charge is -2.56. The summed E-state index contributed by atoms with van der Waals surface area (Å²) in [5, 5.41) is 31.3. The van der Waals surface area contributed by atoms with Gasteiger partial charge in [-0.15, -0.1) is 0 Å².